The van der Waals surface area contributed by atoms with Gasteiger partial charge in [-0.1, -0.05) is 27.2 Å². The Hall–Kier alpha value is -0.600. The quantitative estimate of drug-likeness (QED) is 0.437. The Bertz CT molecular complexity index is 115. The van der Waals surface area contributed by atoms with Crippen LogP contribution in [0.3, 0.4) is 0 Å². The molecule has 0 amide bonds. The van der Waals surface area contributed by atoms with Crippen LogP contribution in [0.4, 0.5) is 0 Å². The normalized spacial score (nSPS) is 13.0. The van der Waals surface area contributed by atoms with E-state index >= 15 is 0 Å². The Kier molecular flexibility index (Phi) is 6.72. The molecule has 0 aliphatic heterocycles. The van der Waals surface area contributed by atoms with E-state index in [1.54, 1.807) is 0 Å². The van der Waals surface area contributed by atoms with Crippen LogP contribution in [0.5, 0.6) is 0 Å². The van der Waals surface area contributed by atoms with Crippen molar-refractivity contribution in [3.05, 3.63) is 4.91 Å². The van der Waals surface area contributed by atoms with Crippen LogP contribution < -0.4 is 0 Å². The maximum atomic E-state index is 9.89. The molecular formula is C9H19NO2. The molecule has 0 aromatic heterocycles. The Balaban J connectivity index is 3.61. The first-order valence-electron chi connectivity index (χ1n) is 4.69. The van der Waals surface area contributed by atoms with Gasteiger partial charge in [-0.25, -0.2) is 0 Å². The van der Waals surface area contributed by atoms with Gasteiger partial charge in [-0.2, -0.15) is 0 Å². The van der Waals surface area contributed by atoms with Gasteiger partial charge in [-0.3, -0.25) is 0 Å². The van der Waals surface area contributed by atoms with Crippen molar-refractivity contribution in [2.45, 2.75) is 52.6 Å². The molecule has 0 rings (SSSR count). The summed E-state index contributed by atoms with van der Waals surface area (Å²) in [6, 6.07) is 0. The summed E-state index contributed by atoms with van der Waals surface area (Å²) in [5, 5.41) is 2.49. The monoisotopic (exact) mass is 173 g/mol. The van der Waals surface area contributed by atoms with E-state index in [-0.39, 0.29) is 6.10 Å². The molecule has 3 nitrogen and oxygen atoms in total. The molecule has 1 atom stereocenters. The first kappa shape index (κ1) is 11.4. The Labute approximate surface area is 74.4 Å². The minimum absolute atomic E-state index is 0.0300. The van der Waals surface area contributed by atoms with Gasteiger partial charge < -0.3 is 4.84 Å². The lowest BCUT2D eigenvalue weighted by atomic mass is 10.0. The lowest BCUT2D eigenvalue weighted by molar-refractivity contribution is 0.0335. The van der Waals surface area contributed by atoms with E-state index in [1.807, 2.05) is 0 Å². The van der Waals surface area contributed by atoms with Gasteiger partial charge in [-0.05, 0) is 25.2 Å². The number of hydrogen-bond acceptors (Lipinski definition) is 3. The molecular weight excluding hydrogens is 154 g/mol. The van der Waals surface area contributed by atoms with Crippen molar-refractivity contribution in [1.29, 1.82) is 0 Å². The fourth-order valence-electron chi connectivity index (χ4n) is 1.23. The highest BCUT2D eigenvalue weighted by molar-refractivity contribution is 4.59. The number of hydrogen-bond donors (Lipinski definition) is 0. The summed E-state index contributed by atoms with van der Waals surface area (Å²) in [6.45, 7) is 6.36. The van der Waals surface area contributed by atoms with Gasteiger partial charge in [0.25, 0.3) is 0 Å². The predicted molar refractivity (Wildman–Crippen MR) is 49.6 cm³/mol. The summed E-state index contributed by atoms with van der Waals surface area (Å²) in [6.07, 6.45) is 4.14. The molecule has 0 heterocycles. The standard InChI is InChI=1S/C9H19NO2/c1-4-5-6-9(12-10-11)7-8(2)3/h8-9H,4-7H2,1-3H3. The topological polar surface area (TPSA) is 38.7 Å². The van der Waals surface area contributed by atoms with E-state index in [4.69, 9.17) is 4.84 Å². The highest BCUT2D eigenvalue weighted by Crippen LogP contribution is 2.14. The van der Waals surface area contributed by atoms with E-state index in [1.165, 1.54) is 0 Å². The zero-order valence-corrected chi connectivity index (χ0v) is 8.25. The number of rotatable bonds is 7. The highest BCUT2D eigenvalue weighted by atomic mass is 16.7. The molecule has 0 N–H and O–H groups in total. The average Bonchev–Trinajstić information content (AvgIpc) is 2.00. The summed E-state index contributed by atoms with van der Waals surface area (Å²) in [7, 11) is 0. The lowest BCUT2D eigenvalue weighted by Gasteiger charge is -2.14. The fraction of sp³-hybridized carbons (Fsp3) is 1.00. The van der Waals surface area contributed by atoms with Crippen LogP contribution in [0.15, 0.2) is 5.34 Å². The molecule has 0 bridgehead atoms. The summed E-state index contributed by atoms with van der Waals surface area (Å²) < 4.78 is 0. The predicted octanol–water partition coefficient (Wildman–Crippen LogP) is 3.29. The number of nitrogens with zero attached hydrogens (tertiary/aromatic N) is 1. The van der Waals surface area contributed by atoms with Crippen LogP contribution in [-0.4, -0.2) is 6.10 Å². The van der Waals surface area contributed by atoms with E-state index in [2.05, 4.69) is 26.1 Å². The molecule has 72 valence electrons. The number of unbranched alkanes of at least 4 members (excludes halogenated alkanes) is 1. The van der Waals surface area contributed by atoms with E-state index < -0.39 is 0 Å². The maximum Gasteiger partial charge on any atom is 0.155 e. The van der Waals surface area contributed by atoms with Gasteiger partial charge in [-0.15, -0.1) is 4.91 Å². The van der Waals surface area contributed by atoms with Gasteiger partial charge in [0.15, 0.2) is 5.34 Å². The first-order valence-corrected chi connectivity index (χ1v) is 4.69. The van der Waals surface area contributed by atoms with Gasteiger partial charge in [0, 0.05) is 0 Å². The van der Waals surface area contributed by atoms with Crippen molar-refractivity contribution < 1.29 is 4.84 Å². The van der Waals surface area contributed by atoms with Crippen molar-refractivity contribution in [3.8, 4) is 0 Å². The minimum atomic E-state index is 0.0300. The van der Waals surface area contributed by atoms with Crippen LogP contribution in [-0.2, 0) is 4.84 Å². The summed E-state index contributed by atoms with van der Waals surface area (Å²) in [5.74, 6) is 0.564. The smallest absolute Gasteiger partial charge is 0.155 e. The Morgan fingerprint density at radius 3 is 2.50 bits per heavy atom. The van der Waals surface area contributed by atoms with Crippen molar-refractivity contribution in [2.75, 3.05) is 0 Å². The Morgan fingerprint density at radius 1 is 1.42 bits per heavy atom. The molecule has 12 heavy (non-hydrogen) atoms. The third kappa shape index (κ3) is 6.13. The molecule has 0 aliphatic carbocycles. The van der Waals surface area contributed by atoms with Gasteiger partial charge in [0.1, 0.15) is 6.10 Å². The second kappa shape index (κ2) is 7.07. The zero-order valence-electron chi connectivity index (χ0n) is 8.25. The average molecular weight is 173 g/mol. The van der Waals surface area contributed by atoms with Gasteiger partial charge >= 0.3 is 0 Å². The first-order chi connectivity index (χ1) is 5.70. The van der Waals surface area contributed by atoms with E-state index in [0.717, 1.165) is 25.7 Å². The molecule has 0 spiro atoms. The van der Waals surface area contributed by atoms with Crippen molar-refractivity contribution in [1.82, 2.24) is 0 Å². The second-order valence-electron chi connectivity index (χ2n) is 3.57. The maximum absolute atomic E-state index is 9.89. The third-order valence-corrected chi connectivity index (χ3v) is 1.81. The summed E-state index contributed by atoms with van der Waals surface area (Å²) in [5.41, 5.74) is 0. The molecule has 0 radical (unpaired) electrons. The molecule has 3 heteroatoms. The summed E-state index contributed by atoms with van der Waals surface area (Å²) in [4.78, 5) is 14.6. The zero-order chi connectivity index (χ0) is 9.40. The van der Waals surface area contributed by atoms with Crippen LogP contribution in [0.2, 0.25) is 0 Å². The van der Waals surface area contributed by atoms with Gasteiger partial charge in [0.2, 0.25) is 0 Å². The molecule has 0 aromatic carbocycles. The van der Waals surface area contributed by atoms with Crippen LogP contribution in [0.1, 0.15) is 46.5 Å². The van der Waals surface area contributed by atoms with Crippen LogP contribution >= 0.6 is 0 Å². The molecule has 1 unspecified atom stereocenters. The van der Waals surface area contributed by atoms with Crippen LogP contribution in [0.25, 0.3) is 0 Å². The third-order valence-electron chi connectivity index (χ3n) is 1.81. The van der Waals surface area contributed by atoms with Gasteiger partial charge in [0.05, 0.1) is 0 Å². The Morgan fingerprint density at radius 2 is 2.08 bits per heavy atom. The largest absolute Gasteiger partial charge is 0.361 e. The minimum Gasteiger partial charge on any atom is -0.361 e. The van der Waals surface area contributed by atoms with E-state index in [0.29, 0.717) is 5.92 Å². The fourth-order valence-corrected chi connectivity index (χ4v) is 1.23. The molecule has 0 aromatic rings. The molecule has 0 fully saturated rings. The summed E-state index contributed by atoms with van der Waals surface area (Å²) >= 11 is 0. The van der Waals surface area contributed by atoms with Crippen LogP contribution in [0, 0.1) is 10.8 Å². The molecule has 0 saturated heterocycles. The lowest BCUT2D eigenvalue weighted by Crippen LogP contribution is -2.12. The SMILES string of the molecule is CCCCC(CC(C)C)ON=O. The molecule has 0 aliphatic rings. The molecule has 0 saturated carbocycles. The second-order valence-corrected chi connectivity index (χ2v) is 3.57. The highest BCUT2D eigenvalue weighted by Gasteiger charge is 2.11. The van der Waals surface area contributed by atoms with Crippen molar-refractivity contribution in [3.63, 3.8) is 0 Å². The van der Waals surface area contributed by atoms with E-state index in [9.17, 15) is 4.91 Å². The van der Waals surface area contributed by atoms with Crippen molar-refractivity contribution >= 4 is 0 Å². The van der Waals surface area contributed by atoms with Crippen molar-refractivity contribution in [2.24, 2.45) is 11.3 Å².